The third-order valence-corrected chi connectivity index (χ3v) is 1.51. The highest BCUT2D eigenvalue weighted by molar-refractivity contribution is 5.33. The fraction of sp³-hybridized carbons (Fsp3) is 0.375. The Morgan fingerprint density at radius 3 is 2.67 bits per heavy atom. The Balaban J connectivity index is 2.52. The number of anilines is 1. The van der Waals surface area contributed by atoms with Crippen LogP contribution in [0.15, 0.2) is 23.3 Å². The van der Waals surface area contributed by atoms with Gasteiger partial charge in [0, 0.05) is 18.5 Å². The molecule has 7 heteroatoms. The molecule has 0 fully saturated rings. The van der Waals surface area contributed by atoms with Gasteiger partial charge in [-0.1, -0.05) is 0 Å². The maximum absolute atomic E-state index is 11.7. The minimum absolute atomic E-state index is 0.0342. The summed E-state index contributed by atoms with van der Waals surface area (Å²) in [5.74, 6) is 0. The molecule has 0 unspecified atom stereocenters. The molecule has 2 N–H and O–H groups in total. The molecule has 0 atom stereocenters. The summed E-state index contributed by atoms with van der Waals surface area (Å²) in [6, 6.07) is 1.16. The lowest BCUT2D eigenvalue weighted by Gasteiger charge is -2.09. The van der Waals surface area contributed by atoms with Crippen LogP contribution in [-0.2, 0) is 11.5 Å². The summed E-state index contributed by atoms with van der Waals surface area (Å²) in [6.07, 6.45) is -1.83. The van der Waals surface area contributed by atoms with Crippen molar-refractivity contribution in [1.29, 1.82) is 0 Å². The highest BCUT2D eigenvalue weighted by Gasteiger charge is 2.27. The van der Waals surface area contributed by atoms with Gasteiger partial charge in [-0.3, -0.25) is 4.79 Å². The third kappa shape index (κ3) is 4.03. The molecule has 1 aromatic heterocycles. The van der Waals surface area contributed by atoms with Gasteiger partial charge in [-0.15, -0.1) is 0 Å². The van der Waals surface area contributed by atoms with E-state index in [-0.39, 0.29) is 17.8 Å². The molecule has 0 aliphatic rings. The first-order valence-corrected chi connectivity index (χ1v) is 3.98. The van der Waals surface area contributed by atoms with Gasteiger partial charge in [-0.05, 0) is 0 Å². The van der Waals surface area contributed by atoms with Gasteiger partial charge in [-0.25, -0.2) is 0 Å². The summed E-state index contributed by atoms with van der Waals surface area (Å²) in [4.78, 5) is 10.8. The van der Waals surface area contributed by atoms with Gasteiger partial charge in [0.05, 0.1) is 5.69 Å². The van der Waals surface area contributed by atoms with Crippen molar-refractivity contribution in [2.45, 2.75) is 12.9 Å². The minimum Gasteiger partial charge on any atom is -0.394 e. The Morgan fingerprint density at radius 2 is 2.13 bits per heavy atom. The van der Waals surface area contributed by atoms with Gasteiger partial charge in [0.2, 0.25) is 5.43 Å². The quantitative estimate of drug-likeness (QED) is 0.828. The Morgan fingerprint density at radius 1 is 1.47 bits per heavy atom. The highest BCUT2D eigenvalue weighted by atomic mass is 19.4. The van der Waals surface area contributed by atoms with Gasteiger partial charge in [0.1, 0.15) is 13.3 Å². The molecule has 15 heavy (non-hydrogen) atoms. The van der Waals surface area contributed by atoms with Crippen molar-refractivity contribution in [3.8, 4) is 0 Å². The van der Waals surface area contributed by atoms with E-state index < -0.39 is 12.8 Å². The number of nitrogen functional groups attached to an aromatic ring is 1. The van der Waals surface area contributed by atoms with Crippen LogP contribution < -0.4 is 11.2 Å². The predicted octanol–water partition coefficient (Wildman–Crippen LogP) is 0.967. The number of halogens is 3. The van der Waals surface area contributed by atoms with Crippen LogP contribution in [0.5, 0.6) is 0 Å². The Hall–Kier alpha value is -1.50. The van der Waals surface area contributed by atoms with E-state index in [0.717, 1.165) is 6.07 Å². The second kappa shape index (κ2) is 4.35. The number of alkyl halides is 3. The second-order valence-corrected chi connectivity index (χ2v) is 2.87. The largest absolute Gasteiger partial charge is 0.411 e. The van der Waals surface area contributed by atoms with Crippen LogP contribution in [0.25, 0.3) is 0 Å². The second-order valence-electron chi connectivity index (χ2n) is 2.87. The molecule has 1 aromatic rings. The number of hydrogen-bond donors (Lipinski definition) is 1. The smallest absolute Gasteiger partial charge is 0.394 e. The number of rotatable bonds is 3. The summed E-state index contributed by atoms with van der Waals surface area (Å²) >= 11 is 0. The molecule has 0 saturated carbocycles. The summed E-state index contributed by atoms with van der Waals surface area (Å²) in [7, 11) is 0. The fourth-order valence-corrected chi connectivity index (χ4v) is 0.892. The van der Waals surface area contributed by atoms with Crippen molar-refractivity contribution in [3.05, 3.63) is 28.7 Å². The minimum atomic E-state index is -4.36. The molecule has 0 spiro atoms. The first-order valence-electron chi connectivity index (χ1n) is 3.98. The van der Waals surface area contributed by atoms with E-state index in [9.17, 15) is 18.0 Å². The maximum Gasteiger partial charge on any atom is 0.411 e. The molecular formula is C8H9F3N2O2. The number of nitrogens with zero attached hydrogens (tertiary/aromatic N) is 1. The lowest BCUT2D eigenvalue weighted by atomic mass is 10.4. The average Bonchev–Trinajstić information content (AvgIpc) is 2.09. The Labute approximate surface area is 83.1 Å². The molecule has 0 radical (unpaired) electrons. The average molecular weight is 222 g/mol. The maximum atomic E-state index is 11.7. The van der Waals surface area contributed by atoms with E-state index in [1.54, 1.807) is 0 Å². The first-order chi connectivity index (χ1) is 6.88. The van der Waals surface area contributed by atoms with Gasteiger partial charge >= 0.3 is 6.18 Å². The zero-order valence-electron chi connectivity index (χ0n) is 7.62. The van der Waals surface area contributed by atoms with Crippen LogP contribution in [0.4, 0.5) is 18.9 Å². The normalized spacial score (nSPS) is 11.7. The Kier molecular flexibility index (Phi) is 3.35. The molecule has 1 rings (SSSR count). The Bertz CT molecular complexity index is 386. The highest BCUT2D eigenvalue weighted by Crippen LogP contribution is 2.14. The van der Waals surface area contributed by atoms with Crippen molar-refractivity contribution < 1.29 is 17.9 Å². The number of pyridine rings is 1. The number of ether oxygens (including phenoxy) is 1. The van der Waals surface area contributed by atoms with Crippen LogP contribution in [0.1, 0.15) is 0 Å². The van der Waals surface area contributed by atoms with Gasteiger partial charge < -0.3 is 15.0 Å². The molecule has 0 aromatic carbocycles. The van der Waals surface area contributed by atoms with Crippen LogP contribution >= 0.6 is 0 Å². The molecular weight excluding hydrogens is 213 g/mol. The third-order valence-electron chi connectivity index (χ3n) is 1.51. The van der Waals surface area contributed by atoms with E-state index in [1.165, 1.54) is 17.0 Å². The van der Waals surface area contributed by atoms with Crippen molar-refractivity contribution in [3.63, 3.8) is 0 Å². The molecule has 1 heterocycles. The van der Waals surface area contributed by atoms with Crippen LogP contribution in [0.3, 0.4) is 0 Å². The topological polar surface area (TPSA) is 57.2 Å². The molecule has 0 aliphatic carbocycles. The zero-order valence-corrected chi connectivity index (χ0v) is 7.62. The van der Waals surface area contributed by atoms with Gasteiger partial charge in [0.15, 0.2) is 0 Å². The van der Waals surface area contributed by atoms with Crippen molar-refractivity contribution in [1.82, 2.24) is 4.57 Å². The lowest BCUT2D eigenvalue weighted by molar-refractivity contribution is -0.181. The van der Waals surface area contributed by atoms with Crippen molar-refractivity contribution in [2.75, 3.05) is 12.3 Å². The zero-order chi connectivity index (χ0) is 11.5. The first kappa shape index (κ1) is 11.6. The fourth-order valence-electron chi connectivity index (χ4n) is 0.892. The van der Waals surface area contributed by atoms with E-state index >= 15 is 0 Å². The summed E-state index contributed by atoms with van der Waals surface area (Å²) < 4.78 is 40.7. The predicted molar refractivity (Wildman–Crippen MR) is 47.1 cm³/mol. The number of hydrogen-bond acceptors (Lipinski definition) is 3. The van der Waals surface area contributed by atoms with E-state index in [4.69, 9.17) is 5.73 Å². The SMILES string of the molecule is Nc1cn(COCC(F)(F)F)ccc1=O. The molecule has 4 nitrogen and oxygen atoms in total. The van der Waals surface area contributed by atoms with Crippen molar-refractivity contribution in [2.24, 2.45) is 0 Å². The van der Waals surface area contributed by atoms with Crippen LogP contribution in [-0.4, -0.2) is 17.4 Å². The molecule has 0 bridgehead atoms. The van der Waals surface area contributed by atoms with Crippen molar-refractivity contribution >= 4 is 5.69 Å². The van der Waals surface area contributed by atoms with E-state index in [2.05, 4.69) is 4.74 Å². The van der Waals surface area contributed by atoms with E-state index in [0.29, 0.717) is 0 Å². The van der Waals surface area contributed by atoms with Crippen LogP contribution in [0, 0.1) is 0 Å². The molecule has 0 aliphatic heterocycles. The monoisotopic (exact) mass is 222 g/mol. The summed E-state index contributed by atoms with van der Waals surface area (Å²) in [6.45, 7) is -1.64. The van der Waals surface area contributed by atoms with Gasteiger partial charge in [0.25, 0.3) is 0 Å². The molecule has 0 saturated heterocycles. The van der Waals surface area contributed by atoms with Gasteiger partial charge in [-0.2, -0.15) is 13.2 Å². The molecule has 0 amide bonds. The standard InChI is InChI=1S/C8H9F3N2O2/c9-8(10,11)4-15-5-13-2-1-7(14)6(12)3-13/h1-3H,4-5,12H2. The summed E-state index contributed by atoms with van der Waals surface area (Å²) in [5.41, 5.74) is 4.86. The van der Waals surface area contributed by atoms with E-state index in [1.807, 2.05) is 0 Å². The number of nitrogens with two attached hydrogens (primary N) is 1. The molecule has 84 valence electrons. The van der Waals surface area contributed by atoms with Crippen LogP contribution in [0.2, 0.25) is 0 Å². The number of aromatic nitrogens is 1. The summed E-state index contributed by atoms with van der Waals surface area (Å²) in [5, 5.41) is 0. The lowest BCUT2D eigenvalue weighted by Crippen LogP contribution is -2.19.